The number of nitrogens with two attached hydrogens (primary N) is 1. The normalized spacial score (nSPS) is 13.2. The lowest BCUT2D eigenvalue weighted by Crippen LogP contribution is -2.26. The van der Waals surface area contributed by atoms with Crippen molar-refractivity contribution in [1.82, 2.24) is 15.3 Å². The van der Waals surface area contributed by atoms with Crippen molar-refractivity contribution in [3.8, 4) is 11.4 Å². The van der Waals surface area contributed by atoms with Crippen molar-refractivity contribution in [2.75, 3.05) is 18.4 Å². The molecule has 1 aromatic carbocycles. The van der Waals surface area contributed by atoms with Crippen LogP contribution in [0.1, 0.15) is 21.6 Å². The lowest BCUT2D eigenvalue weighted by Gasteiger charge is -2.20. The first-order valence-electron chi connectivity index (χ1n) is 7.54. The average molecular weight is 309 g/mol. The summed E-state index contributed by atoms with van der Waals surface area (Å²) >= 11 is 0. The smallest absolute Gasteiger partial charge is 0.248 e. The molecule has 0 saturated heterocycles. The molecule has 1 amide bonds. The zero-order valence-electron chi connectivity index (χ0n) is 12.8. The summed E-state index contributed by atoms with van der Waals surface area (Å²) in [6, 6.07) is 7.01. The van der Waals surface area contributed by atoms with E-state index in [1.165, 1.54) is 0 Å². The van der Waals surface area contributed by atoms with Gasteiger partial charge in [0.25, 0.3) is 0 Å². The predicted octanol–water partition coefficient (Wildman–Crippen LogP) is 1.49. The summed E-state index contributed by atoms with van der Waals surface area (Å²) in [6.07, 6.45) is 2.70. The van der Waals surface area contributed by atoms with Crippen LogP contribution in [0.5, 0.6) is 0 Å². The summed E-state index contributed by atoms with van der Waals surface area (Å²) in [5.41, 5.74) is 8.76. The fourth-order valence-corrected chi connectivity index (χ4v) is 2.59. The van der Waals surface area contributed by atoms with Gasteiger partial charge in [-0.3, -0.25) is 4.79 Å². The Bertz CT molecular complexity index is 739. The van der Waals surface area contributed by atoms with E-state index in [1.807, 2.05) is 12.1 Å². The minimum Gasteiger partial charge on any atom is -0.366 e. The number of nitrogens with zero attached hydrogens (tertiary/aromatic N) is 2. The van der Waals surface area contributed by atoms with Crippen LogP contribution in [0.25, 0.3) is 11.4 Å². The zero-order chi connectivity index (χ0) is 16.2. The van der Waals surface area contributed by atoms with Gasteiger partial charge in [-0.2, -0.15) is 0 Å². The van der Waals surface area contributed by atoms with Gasteiger partial charge in [-0.25, -0.2) is 9.97 Å². The molecule has 0 unspecified atom stereocenters. The molecule has 4 N–H and O–H groups in total. The van der Waals surface area contributed by atoms with Gasteiger partial charge in [0.2, 0.25) is 5.91 Å². The van der Waals surface area contributed by atoms with Crippen molar-refractivity contribution in [2.45, 2.75) is 13.0 Å². The second kappa shape index (κ2) is 6.58. The number of fused-ring (bicyclic) bond motifs is 1. The van der Waals surface area contributed by atoms with E-state index in [0.29, 0.717) is 17.9 Å². The van der Waals surface area contributed by atoms with Crippen LogP contribution in [0.3, 0.4) is 0 Å². The van der Waals surface area contributed by atoms with Crippen LogP contribution in [0.15, 0.2) is 36.9 Å². The molecule has 0 saturated carbocycles. The highest BCUT2D eigenvalue weighted by atomic mass is 16.1. The molecule has 1 aromatic heterocycles. The maximum Gasteiger partial charge on any atom is 0.248 e. The Hall–Kier alpha value is -2.73. The van der Waals surface area contributed by atoms with Crippen molar-refractivity contribution in [3.63, 3.8) is 0 Å². The van der Waals surface area contributed by atoms with Crippen molar-refractivity contribution in [3.05, 3.63) is 53.7 Å². The maximum absolute atomic E-state index is 11.2. The van der Waals surface area contributed by atoms with Crippen LogP contribution >= 0.6 is 0 Å². The van der Waals surface area contributed by atoms with Crippen molar-refractivity contribution in [1.29, 1.82) is 0 Å². The van der Waals surface area contributed by atoms with Crippen LogP contribution in [-0.2, 0) is 13.0 Å². The Morgan fingerprint density at radius 3 is 2.83 bits per heavy atom. The Kier molecular flexibility index (Phi) is 4.34. The van der Waals surface area contributed by atoms with Gasteiger partial charge < -0.3 is 16.4 Å². The first kappa shape index (κ1) is 15.2. The van der Waals surface area contributed by atoms with E-state index in [-0.39, 0.29) is 0 Å². The van der Waals surface area contributed by atoms with Gasteiger partial charge in [-0.15, -0.1) is 6.58 Å². The summed E-state index contributed by atoms with van der Waals surface area (Å²) in [5, 5.41) is 6.62. The first-order valence-corrected chi connectivity index (χ1v) is 7.54. The molecule has 2 aromatic rings. The van der Waals surface area contributed by atoms with E-state index >= 15 is 0 Å². The minimum atomic E-state index is -0.444. The van der Waals surface area contributed by atoms with Gasteiger partial charge >= 0.3 is 0 Å². The van der Waals surface area contributed by atoms with Gasteiger partial charge in [-0.1, -0.05) is 18.2 Å². The average Bonchev–Trinajstić information content (AvgIpc) is 2.59. The molecule has 0 spiro atoms. The molecule has 23 heavy (non-hydrogen) atoms. The molecule has 0 bridgehead atoms. The molecule has 0 atom stereocenters. The third-order valence-electron chi connectivity index (χ3n) is 3.78. The molecule has 2 heterocycles. The van der Waals surface area contributed by atoms with Crippen LogP contribution in [0.2, 0.25) is 0 Å². The number of anilines is 1. The second-order valence-corrected chi connectivity index (χ2v) is 5.36. The number of benzene rings is 1. The van der Waals surface area contributed by atoms with E-state index in [2.05, 4.69) is 27.2 Å². The number of aromatic nitrogens is 2. The van der Waals surface area contributed by atoms with Crippen molar-refractivity contribution in [2.24, 2.45) is 5.73 Å². The second-order valence-electron chi connectivity index (χ2n) is 5.36. The molecule has 6 heteroatoms. The number of nitrogens with one attached hydrogen (secondary N) is 2. The van der Waals surface area contributed by atoms with E-state index in [1.54, 1.807) is 18.2 Å². The molecule has 118 valence electrons. The molecule has 0 aliphatic carbocycles. The highest BCUT2D eigenvalue weighted by molar-refractivity contribution is 5.93. The third kappa shape index (κ3) is 3.22. The molecule has 1 aliphatic rings. The fraction of sp³-hybridized carbons (Fsp3) is 0.235. The summed E-state index contributed by atoms with van der Waals surface area (Å²) in [7, 11) is 0. The topological polar surface area (TPSA) is 92.9 Å². The highest BCUT2D eigenvalue weighted by Crippen LogP contribution is 2.25. The SMILES string of the molecule is C=CCNc1nc(-c2ccc(C(N)=O)cc2)nc2c1CCNC2. The summed E-state index contributed by atoms with van der Waals surface area (Å²) in [5.74, 6) is 1.04. The molecule has 3 rings (SSSR count). The predicted molar refractivity (Wildman–Crippen MR) is 90.1 cm³/mol. The largest absolute Gasteiger partial charge is 0.366 e. The van der Waals surface area contributed by atoms with Crippen LogP contribution in [-0.4, -0.2) is 29.0 Å². The van der Waals surface area contributed by atoms with Gasteiger partial charge in [-0.05, 0) is 25.1 Å². The molecule has 0 fully saturated rings. The minimum absolute atomic E-state index is 0.444. The molecule has 1 aliphatic heterocycles. The van der Waals surface area contributed by atoms with Crippen LogP contribution < -0.4 is 16.4 Å². The number of hydrogen-bond donors (Lipinski definition) is 3. The monoisotopic (exact) mass is 309 g/mol. The number of amides is 1. The maximum atomic E-state index is 11.2. The van der Waals surface area contributed by atoms with Crippen LogP contribution in [0, 0.1) is 0 Å². The Morgan fingerprint density at radius 1 is 1.35 bits per heavy atom. The van der Waals surface area contributed by atoms with E-state index in [4.69, 9.17) is 5.73 Å². The summed E-state index contributed by atoms with van der Waals surface area (Å²) < 4.78 is 0. The summed E-state index contributed by atoms with van der Waals surface area (Å²) in [6.45, 7) is 6.03. The van der Waals surface area contributed by atoms with Crippen molar-refractivity contribution >= 4 is 11.7 Å². The quantitative estimate of drug-likeness (QED) is 0.728. The van der Waals surface area contributed by atoms with E-state index < -0.39 is 5.91 Å². The molecular weight excluding hydrogens is 290 g/mol. The molecular formula is C17H19N5O. The highest BCUT2D eigenvalue weighted by Gasteiger charge is 2.18. The first-order chi connectivity index (χ1) is 11.2. The third-order valence-corrected chi connectivity index (χ3v) is 3.78. The lowest BCUT2D eigenvalue weighted by molar-refractivity contribution is 0.100. The number of carbonyl (C=O) groups is 1. The van der Waals surface area contributed by atoms with E-state index in [9.17, 15) is 4.79 Å². The van der Waals surface area contributed by atoms with Gasteiger partial charge in [0.05, 0.1) is 5.69 Å². The van der Waals surface area contributed by atoms with Gasteiger partial charge in [0.15, 0.2) is 5.82 Å². The Balaban J connectivity index is 2.01. The van der Waals surface area contributed by atoms with Crippen molar-refractivity contribution < 1.29 is 4.79 Å². The van der Waals surface area contributed by atoms with Crippen LogP contribution in [0.4, 0.5) is 5.82 Å². The van der Waals surface area contributed by atoms with E-state index in [0.717, 1.165) is 42.1 Å². The molecule has 6 nitrogen and oxygen atoms in total. The number of carbonyl (C=O) groups excluding carboxylic acids is 1. The zero-order valence-corrected chi connectivity index (χ0v) is 12.8. The van der Waals surface area contributed by atoms with Gasteiger partial charge in [0.1, 0.15) is 5.82 Å². The number of hydrogen-bond acceptors (Lipinski definition) is 5. The Morgan fingerprint density at radius 2 is 2.13 bits per heavy atom. The molecule has 0 radical (unpaired) electrons. The van der Waals surface area contributed by atoms with Gasteiger partial charge in [0, 0.05) is 29.8 Å². The lowest BCUT2D eigenvalue weighted by atomic mass is 10.1. The summed E-state index contributed by atoms with van der Waals surface area (Å²) in [4.78, 5) is 20.5. The Labute approximate surface area is 134 Å². The number of rotatable bonds is 5. The standard InChI is InChI=1S/C17H19N5O/c1-2-8-20-17-13-7-9-19-10-14(13)21-16(22-17)12-5-3-11(4-6-12)15(18)23/h2-6,19H,1,7-10H2,(H2,18,23)(H,20,21,22). The fourth-order valence-electron chi connectivity index (χ4n) is 2.59. The number of primary amides is 1.